The Morgan fingerprint density at radius 2 is 2.00 bits per heavy atom. The van der Waals surface area contributed by atoms with Crippen molar-refractivity contribution < 1.29 is 9.47 Å². The average Bonchev–Trinajstić information content (AvgIpc) is 2.39. The van der Waals surface area contributed by atoms with Gasteiger partial charge in [-0.25, -0.2) is 0 Å². The largest absolute Gasteiger partial charge is 0.376 e. The molecule has 2 aliphatic heterocycles. The van der Waals surface area contributed by atoms with Gasteiger partial charge in [0.2, 0.25) is 0 Å². The number of nitrogens with zero attached hydrogens (tertiary/aromatic N) is 1. The van der Waals surface area contributed by atoms with Gasteiger partial charge in [0.1, 0.15) is 0 Å². The van der Waals surface area contributed by atoms with E-state index in [1.54, 1.807) is 0 Å². The quantitative estimate of drug-likeness (QED) is 0.834. The highest BCUT2D eigenvalue weighted by Gasteiger charge is 2.32. The molecule has 4 heteroatoms. The molecule has 0 saturated carbocycles. The van der Waals surface area contributed by atoms with Crippen LogP contribution in [0.15, 0.2) is 0 Å². The Bertz CT molecular complexity index is 278. The van der Waals surface area contributed by atoms with Crippen LogP contribution in [-0.2, 0) is 9.47 Å². The van der Waals surface area contributed by atoms with Crippen molar-refractivity contribution in [2.45, 2.75) is 52.3 Å². The molecular formula is C16H32N2O2. The molecule has 0 spiro atoms. The first-order chi connectivity index (χ1) is 9.56. The fourth-order valence-corrected chi connectivity index (χ4v) is 3.40. The molecule has 1 N–H and O–H groups in total. The van der Waals surface area contributed by atoms with Crippen LogP contribution < -0.4 is 5.32 Å². The number of nitrogens with one attached hydrogen (secondary N) is 1. The zero-order valence-corrected chi connectivity index (χ0v) is 13.6. The molecule has 0 amide bonds. The summed E-state index contributed by atoms with van der Waals surface area (Å²) in [4.78, 5) is 2.63. The van der Waals surface area contributed by atoms with Crippen LogP contribution in [0.3, 0.4) is 0 Å². The van der Waals surface area contributed by atoms with Gasteiger partial charge in [-0.1, -0.05) is 27.7 Å². The lowest BCUT2D eigenvalue weighted by molar-refractivity contribution is -0.105. The van der Waals surface area contributed by atoms with Gasteiger partial charge in [0.15, 0.2) is 0 Å². The van der Waals surface area contributed by atoms with Crippen LogP contribution in [0.1, 0.15) is 34.1 Å². The molecule has 3 atom stereocenters. The van der Waals surface area contributed by atoms with Gasteiger partial charge in [0.25, 0.3) is 0 Å². The molecule has 0 aromatic rings. The van der Waals surface area contributed by atoms with Gasteiger partial charge in [0.05, 0.1) is 25.9 Å². The number of piperazine rings is 1. The van der Waals surface area contributed by atoms with E-state index < -0.39 is 0 Å². The van der Waals surface area contributed by atoms with Crippen LogP contribution in [0.25, 0.3) is 0 Å². The number of hydrogen-bond donors (Lipinski definition) is 1. The maximum atomic E-state index is 5.84. The minimum absolute atomic E-state index is 0.253. The van der Waals surface area contributed by atoms with Crippen molar-refractivity contribution in [2.24, 2.45) is 11.8 Å². The van der Waals surface area contributed by atoms with E-state index in [1.807, 2.05) is 0 Å². The molecule has 4 nitrogen and oxygen atoms in total. The molecule has 0 aromatic heterocycles. The van der Waals surface area contributed by atoms with Crippen molar-refractivity contribution in [3.63, 3.8) is 0 Å². The molecule has 0 aromatic carbocycles. The molecule has 0 bridgehead atoms. The zero-order chi connectivity index (χ0) is 14.5. The zero-order valence-electron chi connectivity index (χ0n) is 13.6. The number of hydrogen-bond acceptors (Lipinski definition) is 4. The van der Waals surface area contributed by atoms with Gasteiger partial charge in [-0.05, 0) is 18.3 Å². The van der Waals surface area contributed by atoms with Crippen molar-refractivity contribution in [1.29, 1.82) is 0 Å². The van der Waals surface area contributed by atoms with E-state index >= 15 is 0 Å². The third-order valence-corrected chi connectivity index (χ3v) is 4.39. The molecule has 20 heavy (non-hydrogen) atoms. The third-order valence-electron chi connectivity index (χ3n) is 4.39. The second kappa shape index (κ2) is 7.74. The van der Waals surface area contributed by atoms with Crippen molar-refractivity contribution in [3.05, 3.63) is 0 Å². The van der Waals surface area contributed by atoms with E-state index in [-0.39, 0.29) is 6.10 Å². The first-order valence-electron chi connectivity index (χ1n) is 8.23. The smallest absolute Gasteiger partial charge is 0.0936 e. The minimum Gasteiger partial charge on any atom is -0.376 e. The van der Waals surface area contributed by atoms with Crippen LogP contribution >= 0.6 is 0 Å². The second-order valence-corrected chi connectivity index (χ2v) is 7.07. The van der Waals surface area contributed by atoms with Crippen LogP contribution in [0.4, 0.5) is 0 Å². The lowest BCUT2D eigenvalue weighted by atomic mass is 9.94. The summed E-state index contributed by atoms with van der Waals surface area (Å²) in [6.45, 7) is 14.8. The van der Waals surface area contributed by atoms with E-state index in [0.717, 1.165) is 45.4 Å². The highest BCUT2D eigenvalue weighted by molar-refractivity contribution is 4.89. The van der Waals surface area contributed by atoms with Gasteiger partial charge in [-0.15, -0.1) is 0 Å². The van der Waals surface area contributed by atoms with Crippen LogP contribution in [0.2, 0.25) is 0 Å². The fraction of sp³-hybridized carbons (Fsp3) is 1.00. The lowest BCUT2D eigenvalue weighted by Crippen LogP contribution is -2.60. The highest BCUT2D eigenvalue weighted by atomic mass is 16.6. The van der Waals surface area contributed by atoms with Gasteiger partial charge in [-0.3, -0.25) is 4.90 Å². The van der Waals surface area contributed by atoms with E-state index in [9.17, 15) is 0 Å². The molecule has 0 aliphatic carbocycles. The summed E-state index contributed by atoms with van der Waals surface area (Å²) < 4.78 is 11.4. The van der Waals surface area contributed by atoms with Crippen LogP contribution in [0.5, 0.6) is 0 Å². The minimum atomic E-state index is 0.253. The molecule has 118 valence electrons. The predicted octanol–water partition coefficient (Wildman–Crippen LogP) is 1.75. The van der Waals surface area contributed by atoms with Crippen LogP contribution in [-0.4, -0.2) is 62.5 Å². The van der Waals surface area contributed by atoms with Crippen molar-refractivity contribution in [1.82, 2.24) is 10.2 Å². The van der Waals surface area contributed by atoms with E-state index in [0.29, 0.717) is 18.0 Å². The van der Waals surface area contributed by atoms with E-state index in [4.69, 9.17) is 9.47 Å². The number of ether oxygens (including phenoxy) is 2. The molecule has 2 fully saturated rings. The van der Waals surface area contributed by atoms with Gasteiger partial charge in [0, 0.05) is 31.7 Å². The Kier molecular flexibility index (Phi) is 6.27. The molecule has 2 rings (SSSR count). The molecule has 2 heterocycles. The molecule has 2 saturated heterocycles. The first kappa shape index (κ1) is 16.2. The summed E-state index contributed by atoms with van der Waals surface area (Å²) in [5.74, 6) is 1.42. The highest BCUT2D eigenvalue weighted by Crippen LogP contribution is 2.19. The SMILES string of the molecule is CC(C)CC1CN(CC2COCCO2)C(C(C)C)CN1. The average molecular weight is 284 g/mol. The van der Waals surface area contributed by atoms with Crippen molar-refractivity contribution in [2.75, 3.05) is 39.5 Å². The standard InChI is InChI=1S/C16H32N2O2/c1-12(2)7-14-9-18(16(8-17-14)13(3)4)10-15-11-19-5-6-20-15/h12-17H,5-11H2,1-4H3. The number of rotatable bonds is 5. The summed E-state index contributed by atoms with van der Waals surface area (Å²) in [6.07, 6.45) is 1.51. The third kappa shape index (κ3) is 4.69. The monoisotopic (exact) mass is 284 g/mol. The molecule has 2 aliphatic rings. The Labute approximate surface area is 124 Å². The van der Waals surface area contributed by atoms with Gasteiger partial charge in [-0.2, -0.15) is 0 Å². The topological polar surface area (TPSA) is 33.7 Å². The predicted molar refractivity (Wildman–Crippen MR) is 82.0 cm³/mol. The Morgan fingerprint density at radius 3 is 2.60 bits per heavy atom. The summed E-state index contributed by atoms with van der Waals surface area (Å²) in [6, 6.07) is 1.23. The van der Waals surface area contributed by atoms with Gasteiger partial charge < -0.3 is 14.8 Å². The Morgan fingerprint density at radius 1 is 1.20 bits per heavy atom. The maximum absolute atomic E-state index is 5.84. The van der Waals surface area contributed by atoms with Gasteiger partial charge >= 0.3 is 0 Å². The normalized spacial score (nSPS) is 33.0. The molecule has 3 unspecified atom stereocenters. The Hall–Kier alpha value is -0.160. The fourth-order valence-electron chi connectivity index (χ4n) is 3.40. The van der Waals surface area contributed by atoms with Crippen molar-refractivity contribution >= 4 is 0 Å². The molecule has 0 radical (unpaired) electrons. The Balaban J connectivity index is 1.91. The van der Waals surface area contributed by atoms with Crippen molar-refractivity contribution in [3.8, 4) is 0 Å². The second-order valence-electron chi connectivity index (χ2n) is 7.07. The van der Waals surface area contributed by atoms with E-state index in [2.05, 4.69) is 37.9 Å². The maximum Gasteiger partial charge on any atom is 0.0936 e. The summed E-state index contributed by atoms with van der Waals surface area (Å²) in [5, 5.41) is 3.74. The lowest BCUT2D eigenvalue weighted by Gasteiger charge is -2.44. The van der Waals surface area contributed by atoms with Crippen LogP contribution in [0, 0.1) is 11.8 Å². The van der Waals surface area contributed by atoms with E-state index in [1.165, 1.54) is 6.42 Å². The molecular weight excluding hydrogens is 252 g/mol. The summed E-state index contributed by atoms with van der Waals surface area (Å²) in [5.41, 5.74) is 0. The first-order valence-corrected chi connectivity index (χ1v) is 8.23. The summed E-state index contributed by atoms with van der Waals surface area (Å²) in [7, 11) is 0. The summed E-state index contributed by atoms with van der Waals surface area (Å²) >= 11 is 0.